The first-order valence-corrected chi connectivity index (χ1v) is 6.61. The molecule has 0 aliphatic carbocycles. The quantitative estimate of drug-likeness (QED) is 0.716. The van der Waals surface area contributed by atoms with Crippen molar-refractivity contribution in [3.05, 3.63) is 51.4 Å². The van der Waals surface area contributed by atoms with Gasteiger partial charge in [0.1, 0.15) is 11.5 Å². The maximum atomic E-state index is 5.73. The third-order valence-electron chi connectivity index (χ3n) is 1.98. The van der Waals surface area contributed by atoms with Crippen molar-refractivity contribution in [3.8, 4) is 11.5 Å². The maximum absolute atomic E-state index is 5.73. The van der Waals surface area contributed by atoms with Crippen LogP contribution in [0.2, 0.25) is 0 Å². The molecule has 0 radical (unpaired) electrons. The summed E-state index contributed by atoms with van der Waals surface area (Å²) in [5, 5.41) is 0. The van der Waals surface area contributed by atoms with Gasteiger partial charge in [0, 0.05) is 9.37 Å². The van der Waals surface area contributed by atoms with Crippen molar-refractivity contribution in [1.82, 2.24) is 0 Å². The molecule has 0 aromatic heterocycles. The minimum atomic E-state index is 0.779. The molecule has 0 spiro atoms. The SMILES string of the molecule is Sc1ccc(Oc2cccc(Br)c2Br)cc1. The summed E-state index contributed by atoms with van der Waals surface area (Å²) >= 11 is 11.1. The Balaban J connectivity index is 2.27. The lowest BCUT2D eigenvalue weighted by atomic mass is 10.3. The second-order valence-electron chi connectivity index (χ2n) is 3.15. The van der Waals surface area contributed by atoms with Crippen molar-refractivity contribution >= 4 is 44.5 Å². The van der Waals surface area contributed by atoms with Crippen LogP contribution in [0.25, 0.3) is 0 Å². The van der Waals surface area contributed by atoms with Gasteiger partial charge in [0.2, 0.25) is 0 Å². The molecule has 4 heteroatoms. The summed E-state index contributed by atoms with van der Waals surface area (Å²) in [5.74, 6) is 1.57. The molecule has 0 saturated carbocycles. The third-order valence-corrected chi connectivity index (χ3v) is 4.29. The van der Waals surface area contributed by atoms with Crippen LogP contribution in [0.4, 0.5) is 0 Å². The number of benzene rings is 2. The van der Waals surface area contributed by atoms with Crippen molar-refractivity contribution in [2.75, 3.05) is 0 Å². The number of halogens is 2. The number of rotatable bonds is 2. The van der Waals surface area contributed by atoms with Crippen LogP contribution >= 0.6 is 44.5 Å². The van der Waals surface area contributed by atoms with Crippen molar-refractivity contribution in [1.29, 1.82) is 0 Å². The van der Waals surface area contributed by atoms with Crippen LogP contribution in [-0.4, -0.2) is 0 Å². The molecule has 0 aliphatic rings. The maximum Gasteiger partial charge on any atom is 0.142 e. The van der Waals surface area contributed by atoms with Crippen LogP contribution in [0.5, 0.6) is 11.5 Å². The van der Waals surface area contributed by atoms with Crippen LogP contribution in [0, 0.1) is 0 Å². The van der Waals surface area contributed by atoms with Crippen LogP contribution in [-0.2, 0) is 0 Å². The van der Waals surface area contributed by atoms with Gasteiger partial charge in [-0.15, -0.1) is 12.6 Å². The lowest BCUT2D eigenvalue weighted by Gasteiger charge is -2.08. The summed E-state index contributed by atoms with van der Waals surface area (Å²) in [6.45, 7) is 0. The Morgan fingerprint density at radius 1 is 0.938 bits per heavy atom. The summed E-state index contributed by atoms with van der Waals surface area (Å²) < 4.78 is 7.61. The average molecular weight is 360 g/mol. The van der Waals surface area contributed by atoms with Crippen molar-refractivity contribution in [2.45, 2.75) is 4.90 Å². The standard InChI is InChI=1S/C12H8Br2OS/c13-10-2-1-3-11(12(10)14)15-8-4-6-9(16)7-5-8/h1-7,16H. The lowest BCUT2D eigenvalue weighted by molar-refractivity contribution is 0.479. The Hall–Kier alpha value is -0.450. The molecule has 0 atom stereocenters. The predicted molar refractivity (Wildman–Crippen MR) is 75.6 cm³/mol. The van der Waals surface area contributed by atoms with Crippen molar-refractivity contribution < 1.29 is 4.74 Å². The molecule has 0 heterocycles. The molecule has 2 aromatic carbocycles. The summed E-state index contributed by atoms with van der Waals surface area (Å²) in [4.78, 5) is 0.917. The monoisotopic (exact) mass is 358 g/mol. The summed E-state index contributed by atoms with van der Waals surface area (Å²) in [6, 6.07) is 13.3. The number of ether oxygens (including phenoxy) is 1. The highest BCUT2D eigenvalue weighted by Gasteiger charge is 2.05. The van der Waals surface area contributed by atoms with E-state index < -0.39 is 0 Å². The molecule has 0 bridgehead atoms. The molecular weight excluding hydrogens is 352 g/mol. The molecule has 0 saturated heterocycles. The molecule has 0 unspecified atom stereocenters. The van der Waals surface area contributed by atoms with Gasteiger partial charge >= 0.3 is 0 Å². The van der Waals surface area contributed by atoms with Gasteiger partial charge in [-0.1, -0.05) is 6.07 Å². The van der Waals surface area contributed by atoms with Gasteiger partial charge in [-0.05, 0) is 68.3 Å². The van der Waals surface area contributed by atoms with E-state index in [1.165, 1.54) is 0 Å². The minimum absolute atomic E-state index is 0.779. The Kier molecular flexibility index (Phi) is 3.95. The van der Waals surface area contributed by atoms with E-state index in [2.05, 4.69) is 44.5 Å². The lowest BCUT2D eigenvalue weighted by Crippen LogP contribution is -1.85. The molecule has 16 heavy (non-hydrogen) atoms. The molecule has 0 amide bonds. The summed E-state index contributed by atoms with van der Waals surface area (Å²) in [7, 11) is 0. The molecule has 0 fully saturated rings. The van der Waals surface area contributed by atoms with Crippen molar-refractivity contribution in [3.63, 3.8) is 0 Å². The van der Waals surface area contributed by atoms with Crippen molar-refractivity contribution in [2.24, 2.45) is 0 Å². The van der Waals surface area contributed by atoms with E-state index in [4.69, 9.17) is 4.74 Å². The highest BCUT2D eigenvalue weighted by atomic mass is 79.9. The first kappa shape index (κ1) is 12.0. The molecular formula is C12H8Br2OS. The van der Waals surface area contributed by atoms with E-state index in [1.807, 2.05) is 42.5 Å². The van der Waals surface area contributed by atoms with Gasteiger partial charge < -0.3 is 4.74 Å². The molecule has 1 nitrogen and oxygen atoms in total. The zero-order valence-electron chi connectivity index (χ0n) is 8.15. The Morgan fingerprint density at radius 2 is 1.62 bits per heavy atom. The van der Waals surface area contributed by atoms with E-state index in [0.29, 0.717) is 0 Å². The van der Waals surface area contributed by atoms with Gasteiger partial charge in [0.25, 0.3) is 0 Å². The Morgan fingerprint density at radius 3 is 2.31 bits per heavy atom. The normalized spacial score (nSPS) is 10.2. The Bertz CT molecular complexity index is 497. The number of hydrogen-bond donors (Lipinski definition) is 1. The zero-order valence-corrected chi connectivity index (χ0v) is 12.2. The highest BCUT2D eigenvalue weighted by Crippen LogP contribution is 2.35. The summed E-state index contributed by atoms with van der Waals surface area (Å²) in [6.07, 6.45) is 0. The molecule has 0 aliphatic heterocycles. The van der Waals surface area contributed by atoms with Gasteiger partial charge in [-0.25, -0.2) is 0 Å². The fraction of sp³-hybridized carbons (Fsp3) is 0. The van der Waals surface area contributed by atoms with E-state index in [-0.39, 0.29) is 0 Å². The molecule has 82 valence electrons. The molecule has 0 N–H and O–H groups in total. The van der Waals surface area contributed by atoms with E-state index in [1.54, 1.807) is 0 Å². The smallest absolute Gasteiger partial charge is 0.142 e. The van der Waals surface area contributed by atoms with E-state index >= 15 is 0 Å². The van der Waals surface area contributed by atoms with Gasteiger partial charge in [-0.2, -0.15) is 0 Å². The molecule has 2 aromatic rings. The second kappa shape index (κ2) is 5.25. The van der Waals surface area contributed by atoms with Gasteiger partial charge in [-0.3, -0.25) is 0 Å². The largest absolute Gasteiger partial charge is 0.456 e. The van der Waals surface area contributed by atoms with E-state index in [0.717, 1.165) is 25.3 Å². The topological polar surface area (TPSA) is 9.23 Å². The Labute approximate surface area is 116 Å². The highest BCUT2D eigenvalue weighted by molar-refractivity contribution is 9.13. The first-order valence-electron chi connectivity index (χ1n) is 4.58. The van der Waals surface area contributed by atoms with Crippen LogP contribution in [0.1, 0.15) is 0 Å². The zero-order chi connectivity index (χ0) is 11.5. The average Bonchev–Trinajstić information content (AvgIpc) is 2.28. The van der Waals surface area contributed by atoms with E-state index in [9.17, 15) is 0 Å². The molecule has 2 rings (SSSR count). The van der Waals surface area contributed by atoms with Gasteiger partial charge in [0.05, 0.1) is 4.47 Å². The van der Waals surface area contributed by atoms with Crippen LogP contribution in [0.3, 0.4) is 0 Å². The second-order valence-corrected chi connectivity index (χ2v) is 5.31. The van der Waals surface area contributed by atoms with Crippen LogP contribution in [0.15, 0.2) is 56.3 Å². The first-order chi connectivity index (χ1) is 7.66. The minimum Gasteiger partial charge on any atom is -0.456 e. The third kappa shape index (κ3) is 2.81. The van der Waals surface area contributed by atoms with Gasteiger partial charge in [0.15, 0.2) is 0 Å². The predicted octanol–water partition coefficient (Wildman–Crippen LogP) is 5.29. The number of hydrogen-bond acceptors (Lipinski definition) is 2. The van der Waals surface area contributed by atoms with Crippen LogP contribution < -0.4 is 4.74 Å². The fourth-order valence-corrected chi connectivity index (χ4v) is 2.05. The fourth-order valence-electron chi connectivity index (χ4n) is 1.20. The number of thiol groups is 1. The summed E-state index contributed by atoms with van der Waals surface area (Å²) in [5.41, 5.74) is 0.